The maximum atomic E-state index is 13.6. The van der Waals surface area contributed by atoms with Gasteiger partial charge in [0, 0.05) is 16.6 Å². The summed E-state index contributed by atoms with van der Waals surface area (Å²) in [5.74, 6) is -1.57. The van der Waals surface area contributed by atoms with Crippen molar-refractivity contribution in [3.63, 3.8) is 0 Å². The van der Waals surface area contributed by atoms with Gasteiger partial charge in [-0.3, -0.25) is 14.9 Å². The number of carbonyl (C=O) groups excluding carboxylic acids is 1. The molecule has 1 amide bonds. The highest BCUT2D eigenvalue weighted by Crippen LogP contribution is 2.23. The minimum atomic E-state index is -0.819. The van der Waals surface area contributed by atoms with Crippen LogP contribution in [0.15, 0.2) is 46.9 Å². The molecule has 0 unspecified atom stereocenters. The summed E-state index contributed by atoms with van der Waals surface area (Å²) in [5.41, 5.74) is -0.276. The molecule has 20 heavy (non-hydrogen) atoms. The molecule has 0 fully saturated rings. The third kappa shape index (κ3) is 3.00. The zero-order valence-corrected chi connectivity index (χ0v) is 11.6. The third-order valence-corrected chi connectivity index (χ3v) is 3.22. The fourth-order valence-electron chi connectivity index (χ4n) is 1.55. The van der Waals surface area contributed by atoms with Crippen molar-refractivity contribution in [1.29, 1.82) is 0 Å². The molecule has 0 aromatic heterocycles. The summed E-state index contributed by atoms with van der Waals surface area (Å²) in [6, 6.07) is 9.59. The van der Waals surface area contributed by atoms with Gasteiger partial charge in [0.1, 0.15) is 5.82 Å². The van der Waals surface area contributed by atoms with E-state index in [4.69, 9.17) is 0 Å². The van der Waals surface area contributed by atoms with E-state index in [0.717, 1.165) is 18.2 Å². The third-order valence-electron chi connectivity index (χ3n) is 2.53. The summed E-state index contributed by atoms with van der Waals surface area (Å²) in [6.07, 6.45) is 0. The molecule has 7 heteroatoms. The first-order chi connectivity index (χ1) is 9.49. The predicted molar refractivity (Wildman–Crippen MR) is 75.1 cm³/mol. The Morgan fingerprint density at radius 3 is 2.60 bits per heavy atom. The number of nitrogens with one attached hydrogen (secondary N) is 1. The van der Waals surface area contributed by atoms with E-state index in [2.05, 4.69) is 21.2 Å². The molecule has 0 atom stereocenters. The molecule has 0 aliphatic rings. The number of hydrogen-bond acceptors (Lipinski definition) is 3. The Hall–Kier alpha value is -2.28. The fourth-order valence-corrected chi connectivity index (χ4v) is 1.94. The van der Waals surface area contributed by atoms with Crippen LogP contribution in [0.1, 0.15) is 10.4 Å². The van der Waals surface area contributed by atoms with Crippen molar-refractivity contribution in [1.82, 2.24) is 0 Å². The average molecular weight is 339 g/mol. The van der Waals surface area contributed by atoms with Crippen LogP contribution < -0.4 is 5.32 Å². The molecule has 102 valence electrons. The lowest BCUT2D eigenvalue weighted by Crippen LogP contribution is -2.14. The van der Waals surface area contributed by atoms with Crippen LogP contribution in [0.3, 0.4) is 0 Å². The highest BCUT2D eigenvalue weighted by Gasteiger charge is 2.17. The second-order valence-corrected chi connectivity index (χ2v) is 4.71. The number of halogens is 2. The molecular weight excluding hydrogens is 331 g/mol. The largest absolute Gasteiger partial charge is 0.321 e. The normalized spacial score (nSPS) is 10.1. The minimum Gasteiger partial charge on any atom is -0.321 e. The van der Waals surface area contributed by atoms with E-state index in [-0.39, 0.29) is 11.3 Å². The van der Waals surface area contributed by atoms with Gasteiger partial charge in [-0.15, -0.1) is 0 Å². The fraction of sp³-hybridized carbons (Fsp3) is 0. The van der Waals surface area contributed by atoms with Crippen molar-refractivity contribution in [3.05, 3.63) is 68.4 Å². The summed E-state index contributed by atoms with van der Waals surface area (Å²) in [4.78, 5) is 21.9. The van der Waals surface area contributed by atoms with E-state index >= 15 is 0 Å². The number of nitro groups is 1. The first-order valence-corrected chi connectivity index (χ1v) is 6.28. The molecule has 2 aromatic carbocycles. The van der Waals surface area contributed by atoms with Gasteiger partial charge in [-0.05, 0) is 34.1 Å². The molecule has 0 aliphatic heterocycles. The highest BCUT2D eigenvalue weighted by molar-refractivity contribution is 9.10. The van der Waals surface area contributed by atoms with Crippen LogP contribution in [-0.2, 0) is 0 Å². The van der Waals surface area contributed by atoms with Gasteiger partial charge in [-0.25, -0.2) is 4.39 Å². The van der Waals surface area contributed by atoms with Crippen LogP contribution in [0.2, 0.25) is 0 Å². The van der Waals surface area contributed by atoms with Crippen LogP contribution in [0, 0.1) is 15.9 Å². The van der Waals surface area contributed by atoms with E-state index in [0.29, 0.717) is 10.2 Å². The van der Waals surface area contributed by atoms with Gasteiger partial charge in [0.15, 0.2) is 0 Å². The second-order valence-electron chi connectivity index (χ2n) is 3.86. The van der Waals surface area contributed by atoms with Crippen molar-refractivity contribution in [2.24, 2.45) is 0 Å². The number of nitro benzene ring substituents is 1. The van der Waals surface area contributed by atoms with Crippen molar-refractivity contribution < 1.29 is 14.1 Å². The van der Waals surface area contributed by atoms with E-state index in [1.165, 1.54) is 0 Å². The van der Waals surface area contributed by atoms with E-state index in [1.807, 2.05) is 0 Å². The summed E-state index contributed by atoms with van der Waals surface area (Å²) in [7, 11) is 0. The number of nitrogens with zero attached hydrogens (tertiary/aromatic N) is 1. The van der Waals surface area contributed by atoms with Gasteiger partial charge in [0.25, 0.3) is 11.6 Å². The van der Waals surface area contributed by atoms with Crippen molar-refractivity contribution >= 4 is 33.2 Å². The molecule has 0 spiro atoms. The summed E-state index contributed by atoms with van der Waals surface area (Å²) in [5, 5.41) is 13.1. The Balaban J connectivity index is 2.32. The van der Waals surface area contributed by atoms with Crippen LogP contribution >= 0.6 is 15.9 Å². The highest BCUT2D eigenvalue weighted by atomic mass is 79.9. The molecule has 0 bridgehead atoms. The lowest BCUT2D eigenvalue weighted by atomic mass is 10.1. The number of anilines is 1. The molecule has 5 nitrogen and oxygen atoms in total. The average Bonchev–Trinajstić information content (AvgIpc) is 2.41. The van der Waals surface area contributed by atoms with E-state index < -0.39 is 16.6 Å². The molecule has 1 N–H and O–H groups in total. The summed E-state index contributed by atoms with van der Waals surface area (Å²) in [6.45, 7) is 0. The van der Waals surface area contributed by atoms with Crippen molar-refractivity contribution in [2.75, 3.05) is 5.32 Å². The summed E-state index contributed by atoms with van der Waals surface area (Å²) < 4.78 is 14.2. The first-order valence-electron chi connectivity index (χ1n) is 5.49. The van der Waals surface area contributed by atoms with Gasteiger partial charge in [0.05, 0.1) is 16.2 Å². The van der Waals surface area contributed by atoms with Crippen molar-refractivity contribution in [3.8, 4) is 0 Å². The Morgan fingerprint density at radius 1 is 1.25 bits per heavy atom. The van der Waals surface area contributed by atoms with Gasteiger partial charge < -0.3 is 5.32 Å². The van der Waals surface area contributed by atoms with Gasteiger partial charge >= 0.3 is 0 Å². The lowest BCUT2D eigenvalue weighted by Gasteiger charge is -2.07. The Bertz CT molecular complexity index is 691. The standard InChI is InChI=1S/C13H8BrFN2O3/c14-10-3-1-2-4-12(10)16-13(18)9-7-8(17(19)20)5-6-11(9)15/h1-7H,(H,16,18). The zero-order chi connectivity index (χ0) is 14.7. The van der Waals surface area contributed by atoms with Crippen LogP contribution in [-0.4, -0.2) is 10.8 Å². The number of para-hydroxylation sites is 1. The molecule has 0 radical (unpaired) electrons. The lowest BCUT2D eigenvalue weighted by molar-refractivity contribution is -0.384. The predicted octanol–water partition coefficient (Wildman–Crippen LogP) is 3.75. The quantitative estimate of drug-likeness (QED) is 0.684. The number of non-ortho nitro benzene ring substituents is 1. The summed E-state index contributed by atoms with van der Waals surface area (Å²) >= 11 is 3.24. The second kappa shape index (κ2) is 5.79. The van der Waals surface area contributed by atoms with E-state index in [1.54, 1.807) is 24.3 Å². The maximum absolute atomic E-state index is 13.6. The molecule has 0 saturated carbocycles. The Morgan fingerprint density at radius 2 is 1.95 bits per heavy atom. The van der Waals surface area contributed by atoms with Crippen LogP contribution in [0.4, 0.5) is 15.8 Å². The molecule has 0 heterocycles. The molecular formula is C13H8BrFN2O3. The number of rotatable bonds is 3. The van der Waals surface area contributed by atoms with Gasteiger partial charge in [0.2, 0.25) is 0 Å². The Labute approximate surface area is 121 Å². The van der Waals surface area contributed by atoms with Crippen molar-refractivity contribution in [2.45, 2.75) is 0 Å². The smallest absolute Gasteiger partial charge is 0.270 e. The molecule has 0 aliphatic carbocycles. The minimum absolute atomic E-state index is 0.344. The number of benzene rings is 2. The van der Waals surface area contributed by atoms with Crippen LogP contribution in [0.25, 0.3) is 0 Å². The van der Waals surface area contributed by atoms with E-state index in [9.17, 15) is 19.3 Å². The topological polar surface area (TPSA) is 72.2 Å². The SMILES string of the molecule is O=C(Nc1ccccc1Br)c1cc([N+](=O)[O-])ccc1F. The number of hydrogen-bond donors (Lipinski definition) is 1. The monoisotopic (exact) mass is 338 g/mol. The molecule has 0 saturated heterocycles. The van der Waals surface area contributed by atoms with Gasteiger partial charge in [-0.1, -0.05) is 12.1 Å². The number of carbonyl (C=O) groups is 1. The number of amides is 1. The first kappa shape index (κ1) is 14.1. The van der Waals surface area contributed by atoms with Crippen LogP contribution in [0.5, 0.6) is 0 Å². The maximum Gasteiger partial charge on any atom is 0.270 e. The zero-order valence-electron chi connectivity index (χ0n) is 9.97. The van der Waals surface area contributed by atoms with Gasteiger partial charge in [-0.2, -0.15) is 0 Å². The molecule has 2 aromatic rings. The Kier molecular flexibility index (Phi) is 4.09. The molecule has 2 rings (SSSR count).